The molecule has 2 saturated heterocycles. The number of amides is 2. The molecule has 4 heterocycles. The quantitative estimate of drug-likeness (QED) is 0.111. The number of carbonyl (C=O) groups excluding carboxylic acids is 2. The van der Waals surface area contributed by atoms with E-state index in [4.69, 9.17) is 19.8 Å². The van der Waals surface area contributed by atoms with Crippen molar-refractivity contribution in [3.63, 3.8) is 0 Å². The Hall–Kier alpha value is -3.56. The van der Waals surface area contributed by atoms with Crippen molar-refractivity contribution in [2.24, 2.45) is 53.3 Å². The summed E-state index contributed by atoms with van der Waals surface area (Å²) in [5.74, 6) is 8.27. The Balaban J connectivity index is 0.000000166. The number of hydrogen-bond donors (Lipinski definition) is 4. The molecule has 4 N–H and O–H groups in total. The van der Waals surface area contributed by atoms with Gasteiger partial charge in [0.15, 0.2) is 0 Å². The minimum Gasteiger partial charge on any atom is -0.481 e. The number of thioether (sulfide) groups is 2. The third kappa shape index (κ3) is 11.1. The number of pyridine rings is 2. The number of anilines is 2. The number of ether oxygens (including phenoxy) is 1. The van der Waals surface area contributed by atoms with Crippen LogP contribution in [0.1, 0.15) is 137 Å². The number of carboxylic acids is 2. The van der Waals surface area contributed by atoms with E-state index >= 15 is 0 Å². The van der Waals surface area contributed by atoms with Crippen LogP contribution in [0.4, 0.5) is 11.6 Å². The molecule has 15 heteroatoms. The van der Waals surface area contributed by atoms with Gasteiger partial charge in [-0.15, -0.1) is 23.5 Å². The van der Waals surface area contributed by atoms with E-state index in [-0.39, 0.29) is 36.9 Å². The van der Waals surface area contributed by atoms with Crippen LogP contribution in [-0.4, -0.2) is 106 Å². The van der Waals surface area contributed by atoms with Crippen LogP contribution in [0.5, 0.6) is 0 Å². The van der Waals surface area contributed by atoms with E-state index in [1.807, 2.05) is 24.3 Å². The molecule has 0 unspecified atom stereocenters. The van der Waals surface area contributed by atoms with Gasteiger partial charge in [-0.1, -0.05) is 13.8 Å². The zero-order valence-electron chi connectivity index (χ0n) is 39.0. The highest BCUT2D eigenvalue weighted by Gasteiger charge is 2.50. The fraction of sp³-hybridized carbons (Fsp3) is 0.725. The van der Waals surface area contributed by atoms with Gasteiger partial charge in [-0.3, -0.25) is 14.4 Å². The van der Waals surface area contributed by atoms with Gasteiger partial charge >= 0.3 is 11.9 Å². The molecule has 2 aromatic rings. The van der Waals surface area contributed by atoms with E-state index in [1.165, 1.54) is 64.2 Å². The summed E-state index contributed by atoms with van der Waals surface area (Å²) in [5, 5.41) is 26.5. The summed E-state index contributed by atoms with van der Waals surface area (Å²) in [4.78, 5) is 62.9. The van der Waals surface area contributed by atoms with Crippen molar-refractivity contribution in [3.05, 3.63) is 35.4 Å². The van der Waals surface area contributed by atoms with Gasteiger partial charge in [-0.25, -0.2) is 14.8 Å². The number of nitrogens with one attached hydrogen (secondary N) is 2. The molecule has 0 radical (unpaired) electrons. The summed E-state index contributed by atoms with van der Waals surface area (Å²) < 4.78 is 5.47. The Bertz CT molecular complexity index is 2020. The summed E-state index contributed by atoms with van der Waals surface area (Å²) in [6.07, 6.45) is 18.0. The first-order valence-corrected chi connectivity index (χ1v) is 27.4. The first kappa shape index (κ1) is 47.5. The van der Waals surface area contributed by atoms with Crippen molar-refractivity contribution in [2.45, 2.75) is 145 Å². The largest absolute Gasteiger partial charge is 0.481 e. The minimum atomic E-state index is -0.945. The Morgan fingerprint density at radius 2 is 1.11 bits per heavy atom. The Morgan fingerprint density at radius 1 is 0.636 bits per heavy atom. The molecule has 66 heavy (non-hydrogen) atoms. The van der Waals surface area contributed by atoms with Gasteiger partial charge in [0.1, 0.15) is 28.3 Å². The van der Waals surface area contributed by atoms with Crippen molar-refractivity contribution >= 4 is 58.9 Å². The summed E-state index contributed by atoms with van der Waals surface area (Å²) in [5.41, 5.74) is 1.38. The molecule has 10 aliphatic rings. The van der Waals surface area contributed by atoms with Crippen LogP contribution < -0.4 is 20.4 Å². The van der Waals surface area contributed by atoms with Gasteiger partial charge in [0, 0.05) is 44.7 Å². The second kappa shape index (κ2) is 21.4. The molecule has 2 atom stereocenters. The fourth-order valence-corrected chi connectivity index (χ4v) is 15.6. The zero-order chi connectivity index (χ0) is 45.9. The summed E-state index contributed by atoms with van der Waals surface area (Å²) in [7, 11) is 0. The van der Waals surface area contributed by atoms with E-state index < -0.39 is 11.9 Å². The van der Waals surface area contributed by atoms with Crippen molar-refractivity contribution in [3.8, 4) is 0 Å². The van der Waals surface area contributed by atoms with Gasteiger partial charge in [0.25, 0.3) is 11.8 Å². The molecule has 13 nitrogen and oxygen atoms in total. The van der Waals surface area contributed by atoms with Gasteiger partial charge in [0.2, 0.25) is 0 Å². The molecule has 2 aliphatic heterocycles. The highest BCUT2D eigenvalue weighted by Crippen LogP contribution is 2.55. The molecular formula is C51H72N6O7S2. The zero-order valence-corrected chi connectivity index (χ0v) is 40.7. The predicted molar refractivity (Wildman–Crippen MR) is 258 cm³/mol. The van der Waals surface area contributed by atoms with Gasteiger partial charge < -0.3 is 35.4 Å². The van der Waals surface area contributed by atoms with Crippen LogP contribution in [0, 0.1) is 53.3 Å². The van der Waals surface area contributed by atoms with E-state index in [1.54, 1.807) is 23.5 Å². The molecule has 360 valence electrons. The van der Waals surface area contributed by atoms with Gasteiger partial charge in [-0.2, -0.15) is 0 Å². The van der Waals surface area contributed by atoms with Crippen LogP contribution in [-0.2, 0) is 14.3 Å². The lowest BCUT2D eigenvalue weighted by molar-refractivity contribution is -0.144. The molecule has 2 aromatic heterocycles. The molecule has 0 aromatic carbocycles. The number of hydrogen-bond acceptors (Lipinski definition) is 11. The van der Waals surface area contributed by atoms with Crippen LogP contribution in [0.2, 0.25) is 0 Å². The molecule has 2 amide bonds. The highest BCUT2D eigenvalue weighted by atomic mass is 32.2. The Morgan fingerprint density at radius 3 is 1.55 bits per heavy atom. The van der Waals surface area contributed by atoms with E-state index in [0.717, 1.165) is 109 Å². The van der Waals surface area contributed by atoms with Crippen molar-refractivity contribution < 1.29 is 34.1 Å². The summed E-state index contributed by atoms with van der Waals surface area (Å²) >= 11 is 3.31. The van der Waals surface area contributed by atoms with E-state index in [0.29, 0.717) is 53.4 Å². The lowest BCUT2D eigenvalue weighted by Gasteiger charge is -2.54. The average Bonchev–Trinajstić information content (AvgIpc) is 3.78. The number of nitrogens with zero attached hydrogens (tertiary/aromatic N) is 4. The van der Waals surface area contributed by atoms with Crippen LogP contribution in [0.3, 0.4) is 0 Å². The van der Waals surface area contributed by atoms with Gasteiger partial charge in [-0.05, 0) is 185 Å². The third-order valence-corrected chi connectivity index (χ3v) is 18.7. The second-order valence-electron chi connectivity index (χ2n) is 21.2. The number of rotatable bonds is 17. The maximum absolute atomic E-state index is 13.4. The molecule has 8 saturated carbocycles. The number of carboxylic acid groups (broad SMARTS) is 2. The SMILES string of the molecule is CCCSc1nc(N2CCC[C@@H](CC(=O)O)C2)ccc1C(=O)NC1C2CC3CC(C2)CC1C3.CCCSc1nc(N2CC[C@H](OCC(=O)O)C2)ccc1C(=O)NC1C2CC3CC(C2)CC1C3. The van der Waals surface area contributed by atoms with E-state index in [9.17, 15) is 24.3 Å². The smallest absolute Gasteiger partial charge is 0.329 e. The minimum absolute atomic E-state index is 0.0224. The van der Waals surface area contributed by atoms with E-state index in [2.05, 4.69) is 34.3 Å². The maximum Gasteiger partial charge on any atom is 0.329 e. The van der Waals surface area contributed by atoms with Crippen molar-refractivity contribution in [1.29, 1.82) is 0 Å². The molecular weight excluding hydrogens is 873 g/mol. The molecule has 8 bridgehead atoms. The Labute approximate surface area is 399 Å². The molecule has 12 rings (SSSR count). The predicted octanol–water partition coefficient (Wildman–Crippen LogP) is 8.65. The first-order valence-electron chi connectivity index (χ1n) is 25.4. The van der Waals surface area contributed by atoms with Crippen LogP contribution in [0.25, 0.3) is 0 Å². The topological polar surface area (TPSA) is 174 Å². The van der Waals surface area contributed by atoms with Crippen molar-refractivity contribution in [2.75, 3.05) is 54.1 Å². The van der Waals surface area contributed by atoms with Crippen LogP contribution >= 0.6 is 23.5 Å². The molecule has 8 aliphatic carbocycles. The normalized spacial score (nSPS) is 32.5. The monoisotopic (exact) mass is 944 g/mol. The Kier molecular flexibility index (Phi) is 15.4. The lowest BCUT2D eigenvalue weighted by atomic mass is 9.54. The second-order valence-corrected chi connectivity index (χ2v) is 23.4. The summed E-state index contributed by atoms with van der Waals surface area (Å²) in [6, 6.07) is 8.42. The highest BCUT2D eigenvalue weighted by molar-refractivity contribution is 7.99. The third-order valence-electron chi connectivity index (χ3n) is 16.3. The maximum atomic E-state index is 13.4. The van der Waals surface area contributed by atoms with Gasteiger partial charge in [0.05, 0.1) is 17.2 Å². The first-order chi connectivity index (χ1) is 32.0. The van der Waals surface area contributed by atoms with Crippen LogP contribution in [0.15, 0.2) is 34.3 Å². The van der Waals surface area contributed by atoms with Crippen molar-refractivity contribution in [1.82, 2.24) is 20.6 Å². The molecule has 10 fully saturated rings. The summed E-state index contributed by atoms with van der Waals surface area (Å²) in [6.45, 7) is 7.01. The average molecular weight is 945 g/mol. The number of carbonyl (C=O) groups is 4. The molecule has 0 spiro atoms. The standard InChI is InChI=1S/C26H37N3O3S.C25H35N3O4S/c1-2-8-33-26-21(5-6-22(27-26)29-7-3-4-16(15-29)14-23(30)31)25(32)28-24-19-10-17-9-18(12-19)13-20(24)11-17;1-2-7-33-25-20(3-4-21(26-25)28-6-5-19(13-28)32-14-22(29)30)24(31)27-23-17-9-15-8-16(11-17)12-18(23)10-15/h5-6,16-20,24H,2-4,7-15H2,1H3,(H,28,32)(H,30,31);3-4,15-19,23H,2,5-14H2,1H3,(H,27,31)(H,29,30)/t16-,17?,18?,19?,20?,24?;15?,16?,17?,18?,19-,23?/m00/s1. The number of aromatic nitrogens is 2. The fourth-order valence-electron chi connectivity index (χ4n) is 13.9. The number of aliphatic carboxylic acids is 2. The lowest BCUT2D eigenvalue weighted by Crippen LogP contribution is -2.55. The number of piperidine rings is 1.